The fraction of sp³-hybridized carbons (Fsp3) is 0.143. The Hall–Kier alpha value is -3.16. The maximum atomic E-state index is 13.3. The molecule has 7 nitrogen and oxygen atoms in total. The Morgan fingerprint density at radius 3 is 2.30 bits per heavy atom. The smallest absolute Gasteiger partial charge is 0.274 e. The molecule has 0 saturated heterocycles. The van der Waals surface area contributed by atoms with Crippen molar-refractivity contribution in [2.24, 2.45) is 0 Å². The number of hydrogen-bond acceptors (Lipinski definition) is 4. The van der Waals surface area contributed by atoms with Gasteiger partial charge in [-0.15, -0.1) is 0 Å². The monoisotopic (exact) mass is 445 g/mol. The number of amides is 1. The highest BCUT2D eigenvalue weighted by molar-refractivity contribution is 6.37. The van der Waals surface area contributed by atoms with Crippen molar-refractivity contribution in [1.29, 1.82) is 0 Å². The number of nitrogens with zero attached hydrogens (tertiary/aromatic N) is 3. The minimum atomic E-state index is -0.576. The van der Waals surface area contributed by atoms with Crippen LogP contribution in [0.4, 0.5) is 5.69 Å². The predicted octanol–water partition coefficient (Wildman–Crippen LogP) is 4.98. The number of non-ortho nitro benzene ring substituents is 1. The molecule has 30 heavy (non-hydrogen) atoms. The summed E-state index contributed by atoms with van der Waals surface area (Å²) in [5.74, 6) is -0.956. The molecule has 1 amide bonds. The average Bonchev–Trinajstić information content (AvgIpc) is 3.03. The molecule has 2 aromatic carbocycles. The Kier molecular flexibility index (Phi) is 6.24. The third kappa shape index (κ3) is 4.37. The first-order chi connectivity index (χ1) is 14.2. The lowest BCUT2D eigenvalue weighted by Crippen LogP contribution is -2.45. The topological polar surface area (TPSA) is 85.4 Å². The number of nitro benzene ring substituents is 1. The summed E-state index contributed by atoms with van der Waals surface area (Å²) in [6, 6.07) is 13.5. The van der Waals surface area contributed by atoms with Crippen molar-refractivity contribution in [1.82, 2.24) is 4.68 Å². The van der Waals surface area contributed by atoms with Crippen LogP contribution in [-0.4, -0.2) is 27.8 Å². The van der Waals surface area contributed by atoms with Gasteiger partial charge in [0.25, 0.3) is 11.6 Å². The molecule has 0 bridgehead atoms. The predicted molar refractivity (Wildman–Crippen MR) is 115 cm³/mol. The van der Waals surface area contributed by atoms with Crippen molar-refractivity contribution in [3.8, 4) is 0 Å². The summed E-state index contributed by atoms with van der Waals surface area (Å²) in [6.45, 7) is 3.26. The number of benzene rings is 2. The molecule has 9 heteroatoms. The second-order valence-electron chi connectivity index (χ2n) is 6.65. The summed E-state index contributed by atoms with van der Waals surface area (Å²) >= 11 is 12.1. The van der Waals surface area contributed by atoms with E-state index in [-0.39, 0.29) is 28.4 Å². The Morgan fingerprint density at radius 2 is 1.70 bits per heavy atom. The summed E-state index contributed by atoms with van der Waals surface area (Å²) in [4.78, 5) is 36.7. The Balaban J connectivity index is 2.02. The van der Waals surface area contributed by atoms with Gasteiger partial charge in [-0.25, -0.2) is 5.01 Å². The maximum Gasteiger partial charge on any atom is 0.274 e. The molecule has 3 aromatic rings. The number of carbonyl (C=O) groups is 2. The Bertz CT molecular complexity index is 1140. The quantitative estimate of drug-likeness (QED) is 0.304. The van der Waals surface area contributed by atoms with E-state index in [1.54, 1.807) is 18.5 Å². The van der Waals surface area contributed by atoms with Crippen LogP contribution in [-0.2, 0) is 0 Å². The number of aryl methyl sites for hydroxylation is 2. The molecular formula is C21H17Cl2N3O4. The van der Waals surface area contributed by atoms with E-state index in [1.807, 2.05) is 12.1 Å². The van der Waals surface area contributed by atoms with Crippen LogP contribution in [0.1, 0.15) is 32.1 Å². The van der Waals surface area contributed by atoms with Gasteiger partial charge < -0.3 is 0 Å². The Morgan fingerprint density at radius 1 is 1.03 bits per heavy atom. The van der Waals surface area contributed by atoms with Crippen molar-refractivity contribution in [3.05, 3.63) is 97.3 Å². The highest BCUT2D eigenvalue weighted by atomic mass is 35.5. The normalized spacial score (nSPS) is 10.7. The number of Topliss-reactive ketones (excluding diaryl/α,β-unsaturated/α-hetero) is 1. The summed E-state index contributed by atoms with van der Waals surface area (Å²) in [7, 11) is 0. The average molecular weight is 446 g/mol. The molecule has 0 atom stereocenters. The van der Waals surface area contributed by atoms with Crippen LogP contribution in [0.15, 0.2) is 54.6 Å². The summed E-state index contributed by atoms with van der Waals surface area (Å²) in [5, 5.41) is 12.8. The number of carbonyl (C=O) groups excluding carboxylic acids is 2. The highest BCUT2D eigenvalue weighted by Gasteiger charge is 2.25. The van der Waals surface area contributed by atoms with Gasteiger partial charge in [0.2, 0.25) is 0 Å². The molecule has 1 heterocycles. The van der Waals surface area contributed by atoms with Gasteiger partial charge in [-0.1, -0.05) is 35.3 Å². The van der Waals surface area contributed by atoms with E-state index in [4.69, 9.17) is 23.2 Å². The standard InChI is InChI=1S/C21H17Cl2N3O4/c1-13-6-7-14(2)25(13)24(21(28)18-9-8-16(22)11-19(18)23)12-20(27)15-4-3-5-17(10-15)26(29)30/h3-11H,12H2,1-2H3. The molecule has 0 N–H and O–H groups in total. The third-order valence-electron chi connectivity index (χ3n) is 4.54. The number of halogens is 2. The van der Waals surface area contributed by atoms with Crippen LogP contribution in [0.2, 0.25) is 10.0 Å². The molecule has 0 aliphatic heterocycles. The summed E-state index contributed by atoms with van der Waals surface area (Å²) < 4.78 is 1.61. The number of nitro groups is 1. The van der Waals surface area contributed by atoms with E-state index in [0.29, 0.717) is 5.02 Å². The fourth-order valence-corrected chi connectivity index (χ4v) is 3.59. The van der Waals surface area contributed by atoms with Crippen LogP contribution in [0.3, 0.4) is 0 Å². The molecule has 0 aliphatic rings. The lowest BCUT2D eigenvalue weighted by Gasteiger charge is -2.27. The van der Waals surface area contributed by atoms with Crippen molar-refractivity contribution in [3.63, 3.8) is 0 Å². The molecule has 0 aliphatic carbocycles. The van der Waals surface area contributed by atoms with Gasteiger partial charge in [0, 0.05) is 34.1 Å². The molecule has 1 aromatic heterocycles. The number of hydrogen-bond donors (Lipinski definition) is 0. The van der Waals surface area contributed by atoms with Crippen LogP contribution in [0.5, 0.6) is 0 Å². The second-order valence-corrected chi connectivity index (χ2v) is 7.49. The number of rotatable bonds is 6. The fourth-order valence-electron chi connectivity index (χ4n) is 3.10. The lowest BCUT2D eigenvalue weighted by atomic mass is 10.1. The van der Waals surface area contributed by atoms with Gasteiger partial charge in [-0.3, -0.25) is 24.4 Å². The van der Waals surface area contributed by atoms with Crippen molar-refractivity contribution < 1.29 is 14.5 Å². The van der Waals surface area contributed by atoms with Crippen molar-refractivity contribution >= 4 is 40.6 Å². The van der Waals surface area contributed by atoms with Gasteiger partial charge >= 0.3 is 0 Å². The molecular weight excluding hydrogens is 429 g/mol. The maximum absolute atomic E-state index is 13.3. The lowest BCUT2D eigenvalue weighted by molar-refractivity contribution is -0.384. The van der Waals surface area contributed by atoms with Gasteiger partial charge in [0.05, 0.1) is 15.5 Å². The number of ketones is 1. The van der Waals surface area contributed by atoms with Crippen LogP contribution < -0.4 is 5.01 Å². The first-order valence-corrected chi connectivity index (χ1v) is 9.64. The van der Waals surface area contributed by atoms with Gasteiger partial charge in [-0.05, 0) is 44.2 Å². The first-order valence-electron chi connectivity index (χ1n) is 8.89. The van der Waals surface area contributed by atoms with Crippen LogP contribution in [0.25, 0.3) is 0 Å². The van der Waals surface area contributed by atoms with Crippen molar-refractivity contribution in [2.45, 2.75) is 13.8 Å². The van der Waals surface area contributed by atoms with Gasteiger partial charge in [0.15, 0.2) is 5.78 Å². The molecule has 154 valence electrons. The van der Waals surface area contributed by atoms with E-state index in [0.717, 1.165) is 11.4 Å². The summed E-state index contributed by atoms with van der Waals surface area (Å²) in [5.41, 5.74) is 1.58. The van der Waals surface area contributed by atoms with Gasteiger partial charge in [-0.2, -0.15) is 0 Å². The summed E-state index contributed by atoms with van der Waals surface area (Å²) in [6.07, 6.45) is 0. The molecule has 0 fully saturated rings. The minimum Gasteiger partial charge on any atom is -0.292 e. The van der Waals surface area contributed by atoms with E-state index in [2.05, 4.69) is 0 Å². The van der Waals surface area contributed by atoms with E-state index >= 15 is 0 Å². The van der Waals surface area contributed by atoms with E-state index in [9.17, 15) is 19.7 Å². The van der Waals surface area contributed by atoms with Gasteiger partial charge in [0.1, 0.15) is 6.54 Å². The highest BCUT2D eigenvalue weighted by Crippen LogP contribution is 2.23. The zero-order valence-electron chi connectivity index (χ0n) is 16.1. The minimum absolute atomic E-state index is 0.131. The molecule has 0 saturated carbocycles. The molecule has 0 unspecified atom stereocenters. The van der Waals surface area contributed by atoms with E-state index in [1.165, 1.54) is 47.5 Å². The Labute approximate surface area is 182 Å². The SMILES string of the molecule is Cc1ccc(C)n1N(CC(=O)c1cccc([N+](=O)[O-])c1)C(=O)c1ccc(Cl)cc1Cl. The number of aromatic nitrogens is 1. The second kappa shape index (κ2) is 8.69. The third-order valence-corrected chi connectivity index (χ3v) is 5.09. The molecule has 0 radical (unpaired) electrons. The largest absolute Gasteiger partial charge is 0.292 e. The van der Waals surface area contributed by atoms with Crippen LogP contribution in [0, 0.1) is 24.0 Å². The first kappa shape index (κ1) is 21.5. The molecule has 3 rings (SSSR count). The van der Waals surface area contributed by atoms with E-state index < -0.39 is 16.6 Å². The zero-order chi connectivity index (χ0) is 22.0. The van der Waals surface area contributed by atoms with Crippen LogP contribution >= 0.6 is 23.2 Å². The van der Waals surface area contributed by atoms with Crippen molar-refractivity contribution in [2.75, 3.05) is 11.6 Å². The molecule has 0 spiro atoms. The zero-order valence-corrected chi connectivity index (χ0v) is 17.6.